The molecular formula is C20H24N2O3S. The zero-order valence-electron chi connectivity index (χ0n) is 15.6. The highest BCUT2D eigenvalue weighted by Gasteiger charge is 2.36. The van der Waals surface area contributed by atoms with Gasteiger partial charge in [0.25, 0.3) is 0 Å². The number of ether oxygens (including phenoxy) is 1. The van der Waals surface area contributed by atoms with E-state index in [-0.39, 0.29) is 18.3 Å². The second kappa shape index (κ2) is 7.50. The predicted octanol–water partition coefficient (Wildman–Crippen LogP) is 3.88. The van der Waals surface area contributed by atoms with E-state index in [2.05, 4.69) is 43.0 Å². The zero-order valence-corrected chi connectivity index (χ0v) is 16.4. The summed E-state index contributed by atoms with van der Waals surface area (Å²) in [6, 6.07) is 10.4. The van der Waals surface area contributed by atoms with Crippen LogP contribution in [0.4, 0.5) is 11.4 Å². The molecule has 1 amide bonds. The molecule has 0 fully saturated rings. The average molecular weight is 372 g/mol. The van der Waals surface area contributed by atoms with Gasteiger partial charge in [-0.3, -0.25) is 9.59 Å². The summed E-state index contributed by atoms with van der Waals surface area (Å²) in [7, 11) is 3.12. The van der Waals surface area contributed by atoms with Gasteiger partial charge in [-0.05, 0) is 37.6 Å². The monoisotopic (exact) mass is 372 g/mol. The summed E-state index contributed by atoms with van der Waals surface area (Å²) in [5.74, 6) is -0.917. The number of carbonyl (C=O) groups excluding carboxylic acids is 2. The van der Waals surface area contributed by atoms with Crippen LogP contribution in [0.25, 0.3) is 10.4 Å². The molecule has 1 aliphatic heterocycles. The van der Waals surface area contributed by atoms with Crippen LogP contribution in [0, 0.1) is 0 Å². The molecule has 0 N–H and O–H groups in total. The molecule has 1 atom stereocenters. The number of hydrogen-bond acceptors (Lipinski definition) is 5. The molecule has 5 nitrogen and oxygen atoms in total. The third-order valence-electron chi connectivity index (χ3n) is 4.94. The van der Waals surface area contributed by atoms with Crippen LogP contribution in [0.5, 0.6) is 0 Å². The number of esters is 1. The molecule has 1 aromatic carbocycles. The number of thiophene rings is 1. The van der Waals surface area contributed by atoms with E-state index in [1.165, 1.54) is 12.8 Å². The lowest BCUT2D eigenvalue weighted by Crippen LogP contribution is -2.34. The summed E-state index contributed by atoms with van der Waals surface area (Å²) in [6.45, 7) is 6.22. The molecule has 0 saturated carbocycles. The molecule has 2 aromatic rings. The topological polar surface area (TPSA) is 49.9 Å². The first-order valence-electron chi connectivity index (χ1n) is 8.83. The van der Waals surface area contributed by atoms with Crippen LogP contribution >= 0.6 is 11.3 Å². The molecule has 0 radical (unpaired) electrons. The van der Waals surface area contributed by atoms with Gasteiger partial charge >= 0.3 is 5.97 Å². The zero-order chi connectivity index (χ0) is 18.8. The van der Waals surface area contributed by atoms with Gasteiger partial charge in [-0.1, -0.05) is 12.1 Å². The Morgan fingerprint density at radius 3 is 2.50 bits per heavy atom. The maximum atomic E-state index is 12.2. The van der Waals surface area contributed by atoms with Gasteiger partial charge in [-0.25, -0.2) is 0 Å². The van der Waals surface area contributed by atoms with Crippen molar-refractivity contribution in [3.63, 3.8) is 0 Å². The summed E-state index contributed by atoms with van der Waals surface area (Å²) in [6.07, 6.45) is 0.164. The van der Waals surface area contributed by atoms with Crippen molar-refractivity contribution in [1.29, 1.82) is 0 Å². The van der Waals surface area contributed by atoms with Crippen LogP contribution in [0.2, 0.25) is 0 Å². The van der Waals surface area contributed by atoms with E-state index in [0.29, 0.717) is 0 Å². The van der Waals surface area contributed by atoms with Crippen LogP contribution in [0.3, 0.4) is 0 Å². The fourth-order valence-corrected chi connectivity index (χ4v) is 4.63. The summed E-state index contributed by atoms with van der Waals surface area (Å²) >= 11 is 1.56. The van der Waals surface area contributed by atoms with Crippen LogP contribution in [-0.2, 0) is 14.3 Å². The van der Waals surface area contributed by atoms with Crippen LogP contribution in [0.15, 0.2) is 30.3 Å². The second-order valence-electron chi connectivity index (χ2n) is 6.31. The van der Waals surface area contributed by atoms with Gasteiger partial charge in [0.15, 0.2) is 0 Å². The van der Waals surface area contributed by atoms with Crippen LogP contribution < -0.4 is 9.80 Å². The first kappa shape index (κ1) is 18.5. The normalized spacial score (nSPS) is 16.4. The molecule has 0 aliphatic carbocycles. The Bertz CT molecular complexity index is 809. The van der Waals surface area contributed by atoms with Gasteiger partial charge in [0.05, 0.1) is 12.8 Å². The highest BCUT2D eigenvalue weighted by Crippen LogP contribution is 2.45. The van der Waals surface area contributed by atoms with E-state index >= 15 is 0 Å². The minimum absolute atomic E-state index is 0.0610. The van der Waals surface area contributed by atoms with E-state index in [1.807, 2.05) is 6.07 Å². The Labute approximate surface area is 158 Å². The number of anilines is 2. The Kier molecular flexibility index (Phi) is 5.32. The van der Waals surface area contributed by atoms with E-state index in [0.717, 1.165) is 34.1 Å². The Hall–Kier alpha value is -2.34. The number of hydrogen-bond donors (Lipinski definition) is 0. The lowest BCUT2D eigenvalue weighted by atomic mass is 9.97. The summed E-state index contributed by atoms with van der Waals surface area (Å²) in [4.78, 5) is 30.2. The van der Waals surface area contributed by atoms with Gasteiger partial charge in [0.1, 0.15) is 5.92 Å². The summed E-state index contributed by atoms with van der Waals surface area (Å²) in [5, 5.41) is 0. The number of nitrogens with zero attached hydrogens (tertiary/aromatic N) is 2. The smallest absolute Gasteiger partial charge is 0.314 e. The molecule has 3 rings (SSSR count). The maximum absolute atomic E-state index is 12.2. The molecule has 138 valence electrons. The van der Waals surface area contributed by atoms with Crippen LogP contribution in [-0.4, -0.2) is 39.1 Å². The van der Waals surface area contributed by atoms with E-state index in [4.69, 9.17) is 4.74 Å². The van der Waals surface area contributed by atoms with Gasteiger partial charge in [-0.2, -0.15) is 0 Å². The SMILES string of the molecule is CCN(CC)c1ccc(-c2cc3c(s2)C(C(=O)OC)CC(=O)N3C)cc1. The maximum Gasteiger partial charge on any atom is 0.314 e. The van der Waals surface area contributed by atoms with Crippen molar-refractivity contribution in [3.05, 3.63) is 35.2 Å². The fourth-order valence-electron chi connectivity index (χ4n) is 3.35. The number of rotatable bonds is 5. The number of amides is 1. The fraction of sp³-hybridized carbons (Fsp3) is 0.400. The first-order chi connectivity index (χ1) is 12.5. The molecular weight excluding hydrogens is 348 g/mol. The van der Waals surface area contributed by atoms with Gasteiger partial charge in [0.2, 0.25) is 5.91 Å². The molecule has 0 spiro atoms. The number of fused-ring (bicyclic) bond motifs is 1. The van der Waals surface area contributed by atoms with Crippen molar-refractivity contribution in [2.24, 2.45) is 0 Å². The molecule has 2 heterocycles. The lowest BCUT2D eigenvalue weighted by molar-refractivity contribution is -0.144. The molecule has 26 heavy (non-hydrogen) atoms. The molecule has 0 bridgehead atoms. The predicted molar refractivity (Wildman–Crippen MR) is 106 cm³/mol. The summed E-state index contributed by atoms with van der Waals surface area (Å²) < 4.78 is 4.90. The van der Waals surface area contributed by atoms with Crippen molar-refractivity contribution in [1.82, 2.24) is 0 Å². The number of carbonyl (C=O) groups is 2. The lowest BCUT2D eigenvalue weighted by Gasteiger charge is -2.27. The number of benzene rings is 1. The highest BCUT2D eigenvalue weighted by molar-refractivity contribution is 7.16. The quantitative estimate of drug-likeness (QED) is 0.747. The third-order valence-corrected chi connectivity index (χ3v) is 6.22. The minimum atomic E-state index is -0.507. The van der Waals surface area contributed by atoms with E-state index < -0.39 is 5.92 Å². The Balaban J connectivity index is 1.97. The molecule has 6 heteroatoms. The largest absolute Gasteiger partial charge is 0.469 e. The first-order valence-corrected chi connectivity index (χ1v) is 9.65. The molecule has 0 saturated heterocycles. The van der Waals surface area contributed by atoms with Gasteiger partial charge < -0.3 is 14.5 Å². The van der Waals surface area contributed by atoms with E-state index in [1.54, 1.807) is 23.3 Å². The second-order valence-corrected chi connectivity index (χ2v) is 7.40. The van der Waals surface area contributed by atoms with Crippen molar-refractivity contribution in [2.75, 3.05) is 37.0 Å². The van der Waals surface area contributed by atoms with Crippen molar-refractivity contribution in [3.8, 4) is 10.4 Å². The van der Waals surface area contributed by atoms with Crippen molar-refractivity contribution in [2.45, 2.75) is 26.2 Å². The van der Waals surface area contributed by atoms with Crippen LogP contribution in [0.1, 0.15) is 31.1 Å². The summed E-state index contributed by atoms with van der Waals surface area (Å²) in [5.41, 5.74) is 3.09. The van der Waals surface area contributed by atoms with Crippen molar-refractivity contribution >= 4 is 34.6 Å². The third kappa shape index (κ3) is 3.21. The molecule has 1 unspecified atom stereocenters. The minimum Gasteiger partial charge on any atom is -0.469 e. The van der Waals surface area contributed by atoms with Gasteiger partial charge in [0, 0.05) is 42.0 Å². The Morgan fingerprint density at radius 2 is 1.92 bits per heavy atom. The molecule has 1 aromatic heterocycles. The highest BCUT2D eigenvalue weighted by atomic mass is 32.1. The standard InChI is InChI=1S/C20H24N2O3S/c1-5-22(6-2)14-9-7-13(8-10-14)17-12-16-19(26-17)15(20(24)25-4)11-18(23)21(16)3/h7-10,12,15H,5-6,11H2,1-4H3. The van der Waals surface area contributed by atoms with Crippen molar-refractivity contribution < 1.29 is 14.3 Å². The van der Waals surface area contributed by atoms with Gasteiger partial charge in [-0.15, -0.1) is 11.3 Å². The molecule has 1 aliphatic rings. The average Bonchev–Trinajstić information content (AvgIpc) is 3.11. The van der Waals surface area contributed by atoms with E-state index in [9.17, 15) is 9.59 Å². The Morgan fingerprint density at radius 1 is 1.27 bits per heavy atom. The number of methoxy groups -OCH3 is 1.